The SMILES string of the molecule is N=C(OC(N)=NC1N=C(c2ccccc2)c2ccccc2NC1=O)C1CCCO1. The number of nitrogens with zero attached hydrogens (tertiary/aromatic N) is 2. The van der Waals surface area contributed by atoms with E-state index in [0.717, 1.165) is 17.5 Å². The molecule has 2 aromatic carbocycles. The Labute approximate surface area is 168 Å². The maximum atomic E-state index is 12.7. The highest BCUT2D eigenvalue weighted by atomic mass is 16.6. The number of ether oxygens (including phenoxy) is 2. The molecule has 0 bridgehead atoms. The molecule has 1 amide bonds. The van der Waals surface area contributed by atoms with E-state index in [-0.39, 0.29) is 11.9 Å². The number of fused-ring (bicyclic) bond motifs is 1. The third-order valence-corrected chi connectivity index (χ3v) is 4.66. The van der Waals surface area contributed by atoms with Crippen LogP contribution in [0, 0.1) is 5.41 Å². The first-order chi connectivity index (χ1) is 14.1. The number of para-hydroxylation sites is 1. The van der Waals surface area contributed by atoms with Gasteiger partial charge in [0.15, 0.2) is 0 Å². The van der Waals surface area contributed by atoms with Gasteiger partial charge in [-0.25, -0.2) is 4.99 Å². The number of hydrogen-bond acceptors (Lipinski definition) is 6. The summed E-state index contributed by atoms with van der Waals surface area (Å²) >= 11 is 0. The van der Waals surface area contributed by atoms with Gasteiger partial charge in [-0.05, 0) is 18.9 Å². The van der Waals surface area contributed by atoms with Gasteiger partial charge in [-0.2, -0.15) is 4.99 Å². The molecule has 2 heterocycles. The Morgan fingerprint density at radius 2 is 1.97 bits per heavy atom. The van der Waals surface area contributed by atoms with Crippen LogP contribution in [0.5, 0.6) is 0 Å². The Morgan fingerprint density at radius 3 is 2.72 bits per heavy atom. The van der Waals surface area contributed by atoms with Crippen molar-refractivity contribution in [2.24, 2.45) is 15.7 Å². The fraction of sp³-hybridized carbons (Fsp3) is 0.238. The lowest BCUT2D eigenvalue weighted by Gasteiger charge is -2.12. The van der Waals surface area contributed by atoms with Crippen LogP contribution in [0.25, 0.3) is 0 Å². The summed E-state index contributed by atoms with van der Waals surface area (Å²) in [6, 6.07) is 16.7. The molecule has 2 aromatic rings. The van der Waals surface area contributed by atoms with Gasteiger partial charge in [0.1, 0.15) is 6.10 Å². The fourth-order valence-electron chi connectivity index (χ4n) is 3.27. The van der Waals surface area contributed by atoms with Crippen molar-refractivity contribution in [3.63, 3.8) is 0 Å². The zero-order valence-electron chi connectivity index (χ0n) is 15.7. The lowest BCUT2D eigenvalue weighted by molar-refractivity contribution is -0.117. The third kappa shape index (κ3) is 4.17. The summed E-state index contributed by atoms with van der Waals surface area (Å²) in [5, 5.41) is 10.8. The Bertz CT molecular complexity index is 981. The van der Waals surface area contributed by atoms with E-state index < -0.39 is 18.2 Å². The van der Waals surface area contributed by atoms with Gasteiger partial charge in [0.2, 0.25) is 12.1 Å². The molecule has 4 N–H and O–H groups in total. The van der Waals surface area contributed by atoms with Crippen LogP contribution >= 0.6 is 0 Å². The molecule has 148 valence electrons. The molecule has 0 radical (unpaired) electrons. The van der Waals surface area contributed by atoms with Gasteiger partial charge < -0.3 is 20.5 Å². The maximum absolute atomic E-state index is 12.7. The highest BCUT2D eigenvalue weighted by molar-refractivity contribution is 6.19. The standard InChI is InChI=1S/C21H21N5O3/c22-18(16-11-6-12-28-16)29-21(23)26-19-20(27)24-15-10-5-4-9-14(15)17(25-19)13-7-2-1-3-8-13/h1-5,7-10,16,19,22H,6,11-12H2,(H2,23,26)(H,24,27). The molecule has 1 fully saturated rings. The average molecular weight is 391 g/mol. The van der Waals surface area contributed by atoms with E-state index >= 15 is 0 Å². The first kappa shape index (κ1) is 18.8. The monoisotopic (exact) mass is 391 g/mol. The van der Waals surface area contributed by atoms with Crippen molar-refractivity contribution < 1.29 is 14.3 Å². The quantitative estimate of drug-likeness (QED) is 0.549. The number of hydrogen-bond donors (Lipinski definition) is 3. The zero-order chi connectivity index (χ0) is 20.2. The Hall–Kier alpha value is -3.52. The number of anilines is 1. The predicted molar refractivity (Wildman–Crippen MR) is 110 cm³/mol. The van der Waals surface area contributed by atoms with Crippen LogP contribution in [0.4, 0.5) is 5.69 Å². The van der Waals surface area contributed by atoms with E-state index in [9.17, 15) is 4.79 Å². The average Bonchev–Trinajstić information content (AvgIpc) is 3.23. The minimum absolute atomic E-state index is 0.117. The van der Waals surface area contributed by atoms with E-state index in [0.29, 0.717) is 24.4 Å². The normalized spacial score (nSPS) is 21.6. The number of benzene rings is 2. The van der Waals surface area contributed by atoms with E-state index in [2.05, 4.69) is 15.3 Å². The van der Waals surface area contributed by atoms with E-state index in [4.69, 9.17) is 20.6 Å². The van der Waals surface area contributed by atoms with Crippen molar-refractivity contribution in [1.29, 1.82) is 5.41 Å². The second-order valence-corrected chi connectivity index (χ2v) is 6.69. The summed E-state index contributed by atoms with van der Waals surface area (Å²) in [5.74, 6) is -0.549. The molecule has 0 aromatic heterocycles. The van der Waals surface area contributed by atoms with Crippen molar-refractivity contribution in [2.45, 2.75) is 25.1 Å². The zero-order valence-corrected chi connectivity index (χ0v) is 15.7. The molecule has 2 aliphatic rings. The Morgan fingerprint density at radius 1 is 1.21 bits per heavy atom. The largest absolute Gasteiger partial charge is 0.409 e. The lowest BCUT2D eigenvalue weighted by atomic mass is 10.0. The number of carbonyl (C=O) groups is 1. The molecule has 29 heavy (non-hydrogen) atoms. The molecule has 4 rings (SSSR count). The number of amidine groups is 1. The predicted octanol–water partition coefficient (Wildman–Crippen LogP) is 2.29. The van der Waals surface area contributed by atoms with E-state index in [1.54, 1.807) is 0 Å². The van der Waals surface area contributed by atoms with Crippen LogP contribution in [0.1, 0.15) is 24.0 Å². The summed E-state index contributed by atoms with van der Waals surface area (Å²) < 4.78 is 10.7. The lowest BCUT2D eigenvalue weighted by Crippen LogP contribution is -2.32. The van der Waals surface area contributed by atoms with Crippen LogP contribution in [0.2, 0.25) is 0 Å². The van der Waals surface area contributed by atoms with Crippen LogP contribution in [0.15, 0.2) is 64.6 Å². The molecule has 1 saturated heterocycles. The van der Waals surface area contributed by atoms with Crippen molar-refractivity contribution in [3.05, 3.63) is 65.7 Å². The summed E-state index contributed by atoms with van der Waals surface area (Å²) in [6.07, 6.45) is -0.0161. The van der Waals surface area contributed by atoms with Crippen LogP contribution < -0.4 is 11.1 Å². The molecule has 0 saturated carbocycles. The van der Waals surface area contributed by atoms with Gasteiger partial charge >= 0.3 is 0 Å². The molecular weight excluding hydrogens is 370 g/mol. The van der Waals surface area contributed by atoms with Gasteiger partial charge in [-0.3, -0.25) is 10.2 Å². The number of nitrogens with two attached hydrogens (primary N) is 1. The van der Waals surface area contributed by atoms with Gasteiger partial charge in [0.05, 0.1) is 11.4 Å². The Balaban J connectivity index is 1.66. The van der Waals surface area contributed by atoms with E-state index in [1.807, 2.05) is 54.6 Å². The van der Waals surface area contributed by atoms with Gasteiger partial charge in [0.25, 0.3) is 11.9 Å². The number of amides is 1. The molecule has 2 atom stereocenters. The van der Waals surface area contributed by atoms with Gasteiger partial charge in [-0.15, -0.1) is 0 Å². The fourth-order valence-corrected chi connectivity index (χ4v) is 3.27. The highest BCUT2D eigenvalue weighted by Gasteiger charge is 2.27. The number of rotatable bonds is 3. The van der Waals surface area contributed by atoms with E-state index in [1.165, 1.54) is 0 Å². The third-order valence-electron chi connectivity index (χ3n) is 4.66. The first-order valence-electron chi connectivity index (χ1n) is 9.36. The van der Waals surface area contributed by atoms with Crippen LogP contribution in [-0.2, 0) is 14.3 Å². The molecule has 2 aliphatic heterocycles. The molecule has 8 nitrogen and oxygen atoms in total. The van der Waals surface area contributed by atoms with Gasteiger partial charge in [-0.1, -0.05) is 48.5 Å². The first-order valence-corrected chi connectivity index (χ1v) is 9.36. The smallest absolute Gasteiger partial charge is 0.291 e. The van der Waals surface area contributed by atoms with Crippen molar-refractivity contribution in [1.82, 2.24) is 0 Å². The van der Waals surface area contributed by atoms with Crippen LogP contribution in [-0.4, -0.2) is 42.4 Å². The molecule has 8 heteroatoms. The second kappa shape index (κ2) is 8.24. The van der Waals surface area contributed by atoms with Crippen molar-refractivity contribution in [3.8, 4) is 0 Å². The van der Waals surface area contributed by atoms with Crippen molar-refractivity contribution >= 4 is 29.2 Å². The maximum Gasteiger partial charge on any atom is 0.291 e. The van der Waals surface area contributed by atoms with Gasteiger partial charge in [0, 0.05) is 17.7 Å². The molecule has 0 spiro atoms. The topological polar surface area (TPSA) is 122 Å². The summed E-state index contributed by atoms with van der Waals surface area (Å²) in [5.41, 5.74) is 8.76. The number of aliphatic imine (C=N–C) groups is 2. The van der Waals surface area contributed by atoms with Crippen LogP contribution in [0.3, 0.4) is 0 Å². The summed E-state index contributed by atoms with van der Waals surface area (Å²) in [4.78, 5) is 21.4. The van der Waals surface area contributed by atoms with Crippen molar-refractivity contribution in [2.75, 3.05) is 11.9 Å². The number of carbonyl (C=O) groups excluding carboxylic acids is 1. The Kier molecular flexibility index (Phi) is 5.35. The summed E-state index contributed by atoms with van der Waals surface area (Å²) in [7, 11) is 0. The summed E-state index contributed by atoms with van der Waals surface area (Å²) in [6.45, 7) is 0.585. The number of nitrogens with one attached hydrogen (secondary N) is 2. The molecular formula is C21H21N5O3. The minimum Gasteiger partial charge on any atom is -0.409 e. The second-order valence-electron chi connectivity index (χ2n) is 6.69. The number of benzodiazepines with no additional fused rings is 1. The molecule has 0 aliphatic carbocycles. The molecule has 2 unspecified atom stereocenters. The highest BCUT2D eigenvalue weighted by Crippen LogP contribution is 2.24. The minimum atomic E-state index is -1.14.